The van der Waals surface area contributed by atoms with Gasteiger partial charge < -0.3 is 9.64 Å². The average molecular weight is 340 g/mol. The van der Waals surface area contributed by atoms with Gasteiger partial charge in [-0.1, -0.05) is 30.3 Å². The zero-order chi connectivity index (χ0) is 13.7. The summed E-state index contributed by atoms with van der Waals surface area (Å²) in [4.78, 5) is 13.4. The average Bonchev–Trinajstić information content (AvgIpc) is 2.82. The number of ether oxygens (including phenoxy) is 1. The third-order valence-corrected chi connectivity index (χ3v) is 4.45. The van der Waals surface area contributed by atoms with E-state index in [0.29, 0.717) is 13.2 Å². The normalized spacial score (nSPS) is 10.2. The zero-order valence-electron chi connectivity index (χ0n) is 10.5. The molecule has 1 aromatic carbocycles. The monoisotopic (exact) mass is 339 g/mol. The van der Waals surface area contributed by atoms with Crippen molar-refractivity contribution in [1.82, 2.24) is 4.90 Å². The first kappa shape index (κ1) is 14.1. The van der Waals surface area contributed by atoms with Crippen LogP contribution >= 0.6 is 27.3 Å². The molecule has 19 heavy (non-hydrogen) atoms. The van der Waals surface area contributed by atoms with Crippen LogP contribution in [0.3, 0.4) is 0 Å². The lowest BCUT2D eigenvalue weighted by Gasteiger charge is -2.16. The number of carbonyl (C=O) groups is 1. The molecule has 0 saturated heterocycles. The van der Waals surface area contributed by atoms with E-state index in [0.717, 1.165) is 15.6 Å². The summed E-state index contributed by atoms with van der Waals surface area (Å²) >= 11 is 5.06. The van der Waals surface area contributed by atoms with Crippen molar-refractivity contribution in [2.24, 2.45) is 0 Å². The summed E-state index contributed by atoms with van der Waals surface area (Å²) in [7, 11) is 1.73. The molecular weight excluding hydrogens is 326 g/mol. The van der Waals surface area contributed by atoms with Crippen molar-refractivity contribution in [3.8, 4) is 0 Å². The maximum atomic E-state index is 11.8. The Balaban J connectivity index is 1.84. The molecule has 1 aromatic heterocycles. The van der Waals surface area contributed by atoms with Gasteiger partial charge in [-0.25, -0.2) is 4.79 Å². The van der Waals surface area contributed by atoms with Crippen molar-refractivity contribution in [2.75, 3.05) is 7.05 Å². The number of carbonyl (C=O) groups excluding carboxylic acids is 1. The van der Waals surface area contributed by atoms with Gasteiger partial charge in [0.05, 0.1) is 6.54 Å². The van der Waals surface area contributed by atoms with Crippen LogP contribution in [0, 0.1) is 0 Å². The van der Waals surface area contributed by atoms with Gasteiger partial charge in [0.15, 0.2) is 0 Å². The van der Waals surface area contributed by atoms with Crippen molar-refractivity contribution in [3.05, 3.63) is 56.7 Å². The van der Waals surface area contributed by atoms with Crippen LogP contribution in [0.1, 0.15) is 11.1 Å². The Morgan fingerprint density at radius 3 is 2.68 bits per heavy atom. The molecule has 1 heterocycles. The predicted octanol–water partition coefficient (Wildman–Crippen LogP) is 4.28. The Hall–Kier alpha value is -1.33. The number of hydrogen-bond acceptors (Lipinski definition) is 3. The number of nitrogens with zero attached hydrogens (tertiary/aromatic N) is 1. The van der Waals surface area contributed by atoms with E-state index >= 15 is 0 Å². The van der Waals surface area contributed by atoms with Crippen LogP contribution in [0.2, 0.25) is 0 Å². The molecule has 0 atom stereocenters. The number of benzene rings is 1. The van der Waals surface area contributed by atoms with E-state index in [1.807, 2.05) is 41.1 Å². The third kappa shape index (κ3) is 4.08. The summed E-state index contributed by atoms with van der Waals surface area (Å²) in [5, 5.41) is 4.02. The van der Waals surface area contributed by atoms with E-state index < -0.39 is 0 Å². The summed E-state index contributed by atoms with van der Waals surface area (Å²) in [5.41, 5.74) is 2.07. The van der Waals surface area contributed by atoms with Crippen molar-refractivity contribution in [3.63, 3.8) is 0 Å². The van der Waals surface area contributed by atoms with Crippen LogP contribution in [0.25, 0.3) is 0 Å². The minimum absolute atomic E-state index is 0.300. The van der Waals surface area contributed by atoms with Gasteiger partial charge in [-0.05, 0) is 32.4 Å². The van der Waals surface area contributed by atoms with Crippen molar-refractivity contribution >= 4 is 33.4 Å². The lowest BCUT2D eigenvalue weighted by atomic mass is 10.2. The van der Waals surface area contributed by atoms with E-state index in [2.05, 4.69) is 15.9 Å². The molecule has 2 aromatic rings. The van der Waals surface area contributed by atoms with Crippen LogP contribution in [0.4, 0.5) is 4.79 Å². The molecule has 2 rings (SSSR count). The summed E-state index contributed by atoms with van der Waals surface area (Å²) < 4.78 is 6.28. The highest BCUT2D eigenvalue weighted by molar-refractivity contribution is 9.10. The lowest BCUT2D eigenvalue weighted by molar-refractivity contribution is 0.103. The van der Waals surface area contributed by atoms with Gasteiger partial charge in [0.1, 0.15) is 6.61 Å². The maximum Gasteiger partial charge on any atom is 0.410 e. The highest BCUT2D eigenvalue weighted by Gasteiger charge is 2.12. The van der Waals surface area contributed by atoms with E-state index in [-0.39, 0.29) is 6.09 Å². The second-order valence-corrected chi connectivity index (χ2v) is 5.74. The molecule has 0 N–H and O–H groups in total. The molecular formula is C14H14BrNO2S. The molecule has 0 unspecified atom stereocenters. The van der Waals surface area contributed by atoms with Crippen molar-refractivity contribution in [1.29, 1.82) is 0 Å². The standard InChI is InChI=1S/C14H14BrNO2S/c1-16(7-12-9-19-10-13(12)15)14(17)18-8-11-5-3-2-4-6-11/h2-6,9-10H,7-8H2,1H3. The molecule has 3 nitrogen and oxygen atoms in total. The van der Waals surface area contributed by atoms with Gasteiger partial charge in [-0.15, -0.1) is 0 Å². The van der Waals surface area contributed by atoms with E-state index in [4.69, 9.17) is 4.74 Å². The molecule has 0 fully saturated rings. The van der Waals surface area contributed by atoms with Crippen LogP contribution in [-0.2, 0) is 17.9 Å². The summed E-state index contributed by atoms with van der Waals surface area (Å²) in [5.74, 6) is 0. The molecule has 1 amide bonds. The van der Waals surface area contributed by atoms with E-state index in [1.54, 1.807) is 23.3 Å². The number of halogens is 1. The maximum absolute atomic E-state index is 11.8. The number of hydrogen-bond donors (Lipinski definition) is 0. The summed E-state index contributed by atoms with van der Waals surface area (Å²) in [6.07, 6.45) is -0.318. The first-order valence-electron chi connectivity index (χ1n) is 5.79. The van der Waals surface area contributed by atoms with Crippen LogP contribution in [-0.4, -0.2) is 18.0 Å². The summed E-state index contributed by atoms with van der Waals surface area (Å²) in [6, 6.07) is 9.65. The van der Waals surface area contributed by atoms with E-state index in [1.165, 1.54) is 0 Å². The quantitative estimate of drug-likeness (QED) is 0.831. The Labute approximate surface area is 124 Å². The first-order valence-corrected chi connectivity index (χ1v) is 7.53. The Morgan fingerprint density at radius 1 is 1.32 bits per heavy atom. The SMILES string of the molecule is CN(Cc1cscc1Br)C(=O)OCc1ccccc1. The molecule has 0 spiro atoms. The fourth-order valence-electron chi connectivity index (χ4n) is 1.57. The first-order chi connectivity index (χ1) is 9.16. The van der Waals surface area contributed by atoms with E-state index in [9.17, 15) is 4.79 Å². The Kier molecular flexibility index (Phi) is 4.99. The largest absolute Gasteiger partial charge is 0.445 e. The Morgan fingerprint density at radius 2 is 2.05 bits per heavy atom. The van der Waals surface area contributed by atoms with Crippen LogP contribution in [0.5, 0.6) is 0 Å². The van der Waals surface area contributed by atoms with Gasteiger partial charge in [0.2, 0.25) is 0 Å². The molecule has 0 saturated carbocycles. The molecule has 0 aliphatic rings. The fraction of sp³-hybridized carbons (Fsp3) is 0.214. The fourth-order valence-corrected chi connectivity index (χ4v) is 2.99. The third-order valence-electron chi connectivity index (χ3n) is 2.61. The predicted molar refractivity (Wildman–Crippen MR) is 80.1 cm³/mol. The molecule has 0 radical (unpaired) electrons. The topological polar surface area (TPSA) is 29.5 Å². The second-order valence-electron chi connectivity index (χ2n) is 4.14. The van der Waals surface area contributed by atoms with Crippen LogP contribution < -0.4 is 0 Å². The van der Waals surface area contributed by atoms with Gasteiger partial charge in [0, 0.05) is 16.9 Å². The highest BCUT2D eigenvalue weighted by Crippen LogP contribution is 2.22. The number of amides is 1. The molecule has 0 aliphatic heterocycles. The number of thiophene rings is 1. The molecule has 5 heteroatoms. The van der Waals surface area contributed by atoms with Crippen LogP contribution in [0.15, 0.2) is 45.6 Å². The summed E-state index contributed by atoms with van der Waals surface area (Å²) in [6.45, 7) is 0.840. The zero-order valence-corrected chi connectivity index (χ0v) is 12.9. The smallest absolute Gasteiger partial charge is 0.410 e. The molecule has 0 bridgehead atoms. The minimum atomic E-state index is -0.318. The lowest BCUT2D eigenvalue weighted by Crippen LogP contribution is -2.26. The molecule has 0 aliphatic carbocycles. The molecule has 100 valence electrons. The minimum Gasteiger partial charge on any atom is -0.445 e. The van der Waals surface area contributed by atoms with Gasteiger partial charge in [-0.2, -0.15) is 11.3 Å². The van der Waals surface area contributed by atoms with Gasteiger partial charge in [0.25, 0.3) is 0 Å². The van der Waals surface area contributed by atoms with Gasteiger partial charge in [-0.3, -0.25) is 0 Å². The Bertz CT molecular complexity index is 541. The van der Waals surface area contributed by atoms with Gasteiger partial charge >= 0.3 is 6.09 Å². The van der Waals surface area contributed by atoms with Crippen molar-refractivity contribution < 1.29 is 9.53 Å². The highest BCUT2D eigenvalue weighted by atomic mass is 79.9. The second kappa shape index (κ2) is 6.73. The number of rotatable bonds is 4. The van der Waals surface area contributed by atoms with Crippen molar-refractivity contribution in [2.45, 2.75) is 13.2 Å².